The number of benzene rings is 1. The standard InChI is InChI=1S/C15H18FNO4/c16-12-4-1-11(2-5-12)3-6-13(18)17-15(14(19)20)7-9-21-10-8-15/h1-2,4-5H,3,6-10H2,(H,17,18)(H,19,20). The summed E-state index contributed by atoms with van der Waals surface area (Å²) in [4.78, 5) is 23.4. The number of nitrogens with one attached hydrogen (secondary N) is 1. The van der Waals surface area contributed by atoms with E-state index >= 15 is 0 Å². The first-order valence-corrected chi connectivity index (χ1v) is 6.88. The summed E-state index contributed by atoms with van der Waals surface area (Å²) >= 11 is 0. The van der Waals surface area contributed by atoms with Crippen molar-refractivity contribution in [3.63, 3.8) is 0 Å². The van der Waals surface area contributed by atoms with Gasteiger partial charge in [0.2, 0.25) is 5.91 Å². The second-order valence-electron chi connectivity index (χ2n) is 5.17. The SMILES string of the molecule is O=C(CCc1ccc(F)cc1)NC1(C(=O)O)CCOCC1. The lowest BCUT2D eigenvalue weighted by Gasteiger charge is -2.33. The van der Waals surface area contributed by atoms with Crippen LogP contribution in [0.3, 0.4) is 0 Å². The molecule has 5 nitrogen and oxygen atoms in total. The number of carbonyl (C=O) groups is 2. The molecule has 0 atom stereocenters. The average Bonchev–Trinajstić information content (AvgIpc) is 2.47. The van der Waals surface area contributed by atoms with E-state index in [0.29, 0.717) is 19.6 Å². The first kappa shape index (κ1) is 15.4. The molecule has 0 bridgehead atoms. The van der Waals surface area contributed by atoms with Gasteiger partial charge in [0.05, 0.1) is 0 Å². The number of carboxylic acids is 1. The third kappa shape index (κ3) is 4.01. The fourth-order valence-electron chi connectivity index (χ4n) is 2.35. The Morgan fingerprint density at radius 3 is 2.43 bits per heavy atom. The molecule has 2 N–H and O–H groups in total. The number of rotatable bonds is 5. The first-order chi connectivity index (χ1) is 10.0. The molecule has 1 saturated heterocycles. The topological polar surface area (TPSA) is 75.6 Å². The molecule has 1 aromatic carbocycles. The number of aliphatic carboxylic acids is 1. The lowest BCUT2D eigenvalue weighted by atomic mass is 9.90. The fourth-order valence-corrected chi connectivity index (χ4v) is 2.35. The number of carboxylic acid groups (broad SMARTS) is 1. The van der Waals surface area contributed by atoms with E-state index in [9.17, 15) is 19.1 Å². The van der Waals surface area contributed by atoms with Crippen LogP contribution in [-0.2, 0) is 20.7 Å². The van der Waals surface area contributed by atoms with Crippen LogP contribution in [0.5, 0.6) is 0 Å². The molecule has 1 amide bonds. The summed E-state index contributed by atoms with van der Waals surface area (Å²) in [5.41, 5.74) is -0.388. The van der Waals surface area contributed by atoms with Crippen LogP contribution < -0.4 is 5.32 Å². The molecule has 0 aromatic heterocycles. The Hall–Kier alpha value is -1.95. The van der Waals surface area contributed by atoms with Gasteiger partial charge in [-0.15, -0.1) is 0 Å². The van der Waals surface area contributed by atoms with Gasteiger partial charge in [-0.1, -0.05) is 12.1 Å². The Bertz CT molecular complexity index is 509. The van der Waals surface area contributed by atoms with Gasteiger partial charge in [0, 0.05) is 32.5 Å². The van der Waals surface area contributed by atoms with Crippen molar-refractivity contribution in [3.8, 4) is 0 Å². The molecule has 0 radical (unpaired) electrons. The van der Waals surface area contributed by atoms with Gasteiger partial charge < -0.3 is 15.2 Å². The maximum atomic E-state index is 12.8. The molecule has 2 rings (SSSR count). The van der Waals surface area contributed by atoms with E-state index in [1.54, 1.807) is 12.1 Å². The van der Waals surface area contributed by atoms with Gasteiger partial charge >= 0.3 is 5.97 Å². The molecule has 21 heavy (non-hydrogen) atoms. The molecule has 114 valence electrons. The summed E-state index contributed by atoms with van der Waals surface area (Å²) in [5.74, 6) is -1.67. The summed E-state index contributed by atoms with van der Waals surface area (Å²) in [5, 5.41) is 12.0. The Morgan fingerprint density at radius 2 is 1.86 bits per heavy atom. The highest BCUT2D eigenvalue weighted by Gasteiger charge is 2.41. The van der Waals surface area contributed by atoms with Crippen LogP contribution in [0.2, 0.25) is 0 Å². The second kappa shape index (κ2) is 6.67. The van der Waals surface area contributed by atoms with Gasteiger partial charge in [-0.25, -0.2) is 9.18 Å². The largest absolute Gasteiger partial charge is 0.480 e. The molecule has 1 aromatic rings. The van der Waals surface area contributed by atoms with E-state index in [2.05, 4.69) is 5.32 Å². The van der Waals surface area contributed by atoms with Crippen LogP contribution >= 0.6 is 0 Å². The second-order valence-corrected chi connectivity index (χ2v) is 5.17. The lowest BCUT2D eigenvalue weighted by molar-refractivity contribution is -0.152. The zero-order valence-corrected chi connectivity index (χ0v) is 11.6. The number of hydrogen-bond acceptors (Lipinski definition) is 3. The summed E-state index contributed by atoms with van der Waals surface area (Å²) in [7, 11) is 0. The Labute approximate surface area is 122 Å². The van der Waals surface area contributed by atoms with E-state index in [4.69, 9.17) is 4.74 Å². The highest BCUT2D eigenvalue weighted by Crippen LogP contribution is 2.21. The number of hydrogen-bond donors (Lipinski definition) is 2. The van der Waals surface area contributed by atoms with Gasteiger partial charge in [0.1, 0.15) is 11.4 Å². The van der Waals surface area contributed by atoms with Crippen LogP contribution in [0.4, 0.5) is 4.39 Å². The minimum atomic E-state index is -1.22. The van der Waals surface area contributed by atoms with Crippen LogP contribution in [0.1, 0.15) is 24.8 Å². The summed E-state index contributed by atoms with van der Waals surface area (Å²) < 4.78 is 17.9. The highest BCUT2D eigenvalue weighted by molar-refractivity contribution is 5.87. The lowest BCUT2D eigenvalue weighted by Crippen LogP contribution is -2.57. The van der Waals surface area contributed by atoms with E-state index < -0.39 is 11.5 Å². The number of amides is 1. The fraction of sp³-hybridized carbons (Fsp3) is 0.467. The predicted octanol–water partition coefficient (Wildman–Crippen LogP) is 1.51. The summed E-state index contributed by atoms with van der Waals surface area (Å²) in [6, 6.07) is 5.91. The number of aryl methyl sites for hydroxylation is 1. The number of halogens is 1. The van der Waals surface area contributed by atoms with Crippen LogP contribution in [0, 0.1) is 5.82 Å². The highest BCUT2D eigenvalue weighted by atomic mass is 19.1. The van der Waals surface area contributed by atoms with Crippen LogP contribution in [-0.4, -0.2) is 35.7 Å². The third-order valence-electron chi connectivity index (χ3n) is 3.69. The van der Waals surface area contributed by atoms with E-state index in [-0.39, 0.29) is 31.0 Å². The summed E-state index contributed by atoms with van der Waals surface area (Å²) in [6.45, 7) is 0.648. The van der Waals surface area contributed by atoms with Crippen molar-refractivity contribution >= 4 is 11.9 Å². The predicted molar refractivity (Wildman–Crippen MR) is 73.3 cm³/mol. The maximum absolute atomic E-state index is 12.8. The van der Waals surface area contributed by atoms with E-state index in [0.717, 1.165) is 5.56 Å². The third-order valence-corrected chi connectivity index (χ3v) is 3.69. The van der Waals surface area contributed by atoms with Crippen molar-refractivity contribution in [2.75, 3.05) is 13.2 Å². The van der Waals surface area contributed by atoms with Crippen molar-refractivity contribution in [2.45, 2.75) is 31.2 Å². The molecular weight excluding hydrogens is 277 g/mol. The molecule has 1 fully saturated rings. The molecule has 0 saturated carbocycles. The Balaban J connectivity index is 1.90. The van der Waals surface area contributed by atoms with Crippen molar-refractivity contribution < 1.29 is 23.8 Å². The van der Waals surface area contributed by atoms with Crippen LogP contribution in [0.15, 0.2) is 24.3 Å². The molecule has 6 heteroatoms. The first-order valence-electron chi connectivity index (χ1n) is 6.88. The zero-order chi connectivity index (χ0) is 15.3. The zero-order valence-electron chi connectivity index (χ0n) is 11.6. The van der Waals surface area contributed by atoms with Gasteiger partial charge in [-0.3, -0.25) is 4.79 Å². The van der Waals surface area contributed by atoms with Gasteiger partial charge in [0.15, 0.2) is 0 Å². The normalized spacial score (nSPS) is 17.2. The maximum Gasteiger partial charge on any atom is 0.329 e. The van der Waals surface area contributed by atoms with E-state index in [1.165, 1.54) is 12.1 Å². The average molecular weight is 295 g/mol. The van der Waals surface area contributed by atoms with Crippen molar-refractivity contribution in [3.05, 3.63) is 35.6 Å². The van der Waals surface area contributed by atoms with Crippen molar-refractivity contribution in [1.82, 2.24) is 5.32 Å². The number of carbonyl (C=O) groups excluding carboxylic acids is 1. The molecule has 0 aliphatic carbocycles. The van der Waals surface area contributed by atoms with Gasteiger partial charge in [0.25, 0.3) is 0 Å². The van der Waals surface area contributed by atoms with E-state index in [1.807, 2.05) is 0 Å². The molecule has 0 unspecified atom stereocenters. The molecular formula is C15H18FNO4. The Kier molecular flexibility index (Phi) is 4.90. The van der Waals surface area contributed by atoms with Crippen LogP contribution in [0.25, 0.3) is 0 Å². The minimum Gasteiger partial charge on any atom is -0.480 e. The quantitative estimate of drug-likeness (QED) is 0.863. The van der Waals surface area contributed by atoms with Gasteiger partial charge in [-0.05, 0) is 24.1 Å². The minimum absolute atomic E-state index is 0.168. The molecule has 1 aliphatic rings. The number of ether oxygens (including phenoxy) is 1. The smallest absolute Gasteiger partial charge is 0.329 e. The Morgan fingerprint density at radius 1 is 1.24 bits per heavy atom. The molecule has 1 heterocycles. The summed E-state index contributed by atoms with van der Waals surface area (Å²) in [6.07, 6.45) is 1.15. The molecule has 1 aliphatic heterocycles. The van der Waals surface area contributed by atoms with Crippen molar-refractivity contribution in [2.24, 2.45) is 0 Å². The van der Waals surface area contributed by atoms with Crippen molar-refractivity contribution in [1.29, 1.82) is 0 Å². The monoisotopic (exact) mass is 295 g/mol. The van der Waals surface area contributed by atoms with Gasteiger partial charge in [-0.2, -0.15) is 0 Å². The molecule has 0 spiro atoms.